The molecule has 2 aromatic rings. The summed E-state index contributed by atoms with van der Waals surface area (Å²) in [5.74, 6) is -0.796. The van der Waals surface area contributed by atoms with Crippen molar-refractivity contribution in [3.63, 3.8) is 0 Å². The first-order chi connectivity index (χ1) is 12.9. The van der Waals surface area contributed by atoms with Crippen LogP contribution in [0.5, 0.6) is 0 Å². The number of Topliss-reactive ketones (excluding diaryl/α,β-unsaturated/α-hetero) is 1. The molecule has 1 heterocycles. The molecule has 0 unspecified atom stereocenters. The van der Waals surface area contributed by atoms with E-state index in [1.807, 2.05) is 30.3 Å². The third-order valence-electron chi connectivity index (χ3n) is 3.87. The average molecular weight is 372 g/mol. The van der Waals surface area contributed by atoms with Gasteiger partial charge in [-0.2, -0.15) is 0 Å². The van der Waals surface area contributed by atoms with E-state index in [-0.39, 0.29) is 24.6 Å². The smallest absolute Gasteiger partial charge is 0.360 e. The Morgan fingerprint density at radius 3 is 2.59 bits per heavy atom. The number of nitrogens with zero attached hydrogens (tertiary/aromatic N) is 4. The summed E-state index contributed by atoms with van der Waals surface area (Å²) in [6, 6.07) is 8.24. The minimum absolute atomic E-state index is 0.00409. The van der Waals surface area contributed by atoms with Crippen LogP contribution in [-0.2, 0) is 16.0 Å². The van der Waals surface area contributed by atoms with Crippen LogP contribution in [-0.4, -0.2) is 50.5 Å². The number of primary amides is 1. The molecule has 0 spiro atoms. The number of nitrogens with two attached hydrogens (primary N) is 2. The van der Waals surface area contributed by atoms with Crippen LogP contribution in [0, 0.1) is 5.92 Å². The highest BCUT2D eigenvalue weighted by Gasteiger charge is 2.27. The van der Waals surface area contributed by atoms with Gasteiger partial charge in [0, 0.05) is 13.0 Å². The van der Waals surface area contributed by atoms with Crippen molar-refractivity contribution in [2.75, 3.05) is 6.54 Å². The fourth-order valence-electron chi connectivity index (χ4n) is 2.30. The number of carbonyl (C=O) groups excluding carboxylic acids is 3. The standard InChI is InChI=1S/C17H22N7O3/c1-11(15(26)13(18)7-8-14(19)25)16-21-23-24(22-16)17(27)20-10-9-12-5-3-2-4-6-12/h2-6,13H,7-10,18H2,1H3,(H2,19,25)(H,20,27)/t13-/m0/s1. The van der Waals surface area contributed by atoms with Gasteiger partial charge in [-0.1, -0.05) is 35.1 Å². The summed E-state index contributed by atoms with van der Waals surface area (Å²) in [5.41, 5.74) is 11.9. The van der Waals surface area contributed by atoms with E-state index in [1.54, 1.807) is 0 Å². The van der Waals surface area contributed by atoms with E-state index in [0.717, 1.165) is 10.4 Å². The fourth-order valence-corrected chi connectivity index (χ4v) is 2.30. The van der Waals surface area contributed by atoms with Gasteiger partial charge in [0.05, 0.1) is 6.04 Å². The zero-order valence-electron chi connectivity index (χ0n) is 15.0. The third kappa shape index (κ3) is 5.96. The average Bonchev–Trinajstić information content (AvgIpc) is 3.16. The number of tetrazole rings is 1. The van der Waals surface area contributed by atoms with E-state index in [0.29, 0.717) is 13.0 Å². The molecule has 1 aromatic heterocycles. The molecule has 1 aromatic carbocycles. The van der Waals surface area contributed by atoms with Crippen molar-refractivity contribution in [1.82, 2.24) is 25.5 Å². The lowest BCUT2D eigenvalue weighted by Crippen LogP contribution is -2.35. The Morgan fingerprint density at radius 2 is 1.93 bits per heavy atom. The molecule has 0 aliphatic carbocycles. The summed E-state index contributed by atoms with van der Waals surface area (Å²) in [6.45, 7) is 1.89. The van der Waals surface area contributed by atoms with Gasteiger partial charge in [-0.25, -0.2) is 4.79 Å². The van der Waals surface area contributed by atoms with E-state index in [1.165, 1.54) is 6.92 Å². The molecule has 0 fully saturated rings. The Kier molecular flexibility index (Phi) is 7.12. The van der Waals surface area contributed by atoms with Crippen LogP contribution in [0.15, 0.2) is 30.3 Å². The van der Waals surface area contributed by atoms with E-state index < -0.39 is 23.8 Å². The summed E-state index contributed by atoms with van der Waals surface area (Å²) in [6.07, 6.45) is 0.788. The van der Waals surface area contributed by atoms with Gasteiger partial charge in [0.15, 0.2) is 11.6 Å². The monoisotopic (exact) mass is 372 g/mol. The van der Waals surface area contributed by atoms with Crippen molar-refractivity contribution < 1.29 is 14.4 Å². The number of nitrogens with one attached hydrogen (secondary N) is 1. The normalized spacial score (nSPS) is 12.0. The van der Waals surface area contributed by atoms with Crippen LogP contribution < -0.4 is 16.8 Å². The van der Waals surface area contributed by atoms with Crippen molar-refractivity contribution >= 4 is 17.7 Å². The lowest BCUT2D eigenvalue weighted by molar-refractivity contribution is -0.119. The van der Waals surface area contributed by atoms with Crippen molar-refractivity contribution in [1.29, 1.82) is 0 Å². The molecule has 5 N–H and O–H groups in total. The highest BCUT2D eigenvalue weighted by molar-refractivity contribution is 5.98. The Labute approximate surface area is 156 Å². The predicted molar refractivity (Wildman–Crippen MR) is 96.2 cm³/mol. The minimum Gasteiger partial charge on any atom is -0.370 e. The van der Waals surface area contributed by atoms with Gasteiger partial charge in [-0.3, -0.25) is 9.59 Å². The van der Waals surface area contributed by atoms with E-state index >= 15 is 0 Å². The number of amides is 2. The van der Waals surface area contributed by atoms with Crippen molar-refractivity contribution in [2.24, 2.45) is 11.5 Å². The summed E-state index contributed by atoms with van der Waals surface area (Å²) >= 11 is 0. The number of aromatic nitrogens is 4. The quantitative estimate of drug-likeness (QED) is 0.539. The molecule has 0 aliphatic heterocycles. The second-order valence-electron chi connectivity index (χ2n) is 5.97. The summed E-state index contributed by atoms with van der Waals surface area (Å²) in [4.78, 5) is 35.9. The molecule has 27 heavy (non-hydrogen) atoms. The molecule has 0 bridgehead atoms. The van der Waals surface area contributed by atoms with Crippen LogP contribution in [0.3, 0.4) is 0 Å². The van der Waals surface area contributed by atoms with Gasteiger partial charge < -0.3 is 16.8 Å². The first kappa shape index (κ1) is 20.2. The van der Waals surface area contributed by atoms with Crippen LogP contribution >= 0.6 is 0 Å². The lowest BCUT2D eigenvalue weighted by Gasteiger charge is -2.12. The maximum atomic E-state index is 12.2. The second-order valence-corrected chi connectivity index (χ2v) is 5.97. The van der Waals surface area contributed by atoms with Crippen LogP contribution in [0.4, 0.5) is 4.79 Å². The number of hydrogen-bond acceptors (Lipinski definition) is 7. The molecule has 10 heteroatoms. The minimum atomic E-state index is -0.899. The van der Waals surface area contributed by atoms with E-state index in [4.69, 9.17) is 11.5 Å². The largest absolute Gasteiger partial charge is 0.370 e. The highest BCUT2D eigenvalue weighted by Crippen LogP contribution is 2.12. The van der Waals surface area contributed by atoms with Gasteiger partial charge in [0.1, 0.15) is 5.92 Å². The molecule has 1 radical (unpaired) electrons. The van der Waals surface area contributed by atoms with Crippen molar-refractivity contribution in [3.05, 3.63) is 47.6 Å². The predicted octanol–water partition coefficient (Wildman–Crippen LogP) is -0.422. The lowest BCUT2D eigenvalue weighted by atomic mass is 9.96. The molecule has 1 atom stereocenters. The van der Waals surface area contributed by atoms with Gasteiger partial charge >= 0.3 is 6.03 Å². The van der Waals surface area contributed by atoms with Gasteiger partial charge in [-0.05, 0) is 30.5 Å². The molecule has 0 saturated heterocycles. The Balaban J connectivity index is 1.87. The van der Waals surface area contributed by atoms with Crippen LogP contribution in [0.1, 0.15) is 31.2 Å². The van der Waals surface area contributed by atoms with Gasteiger partial charge in [0.2, 0.25) is 5.91 Å². The molecular formula is C17H22N7O3. The van der Waals surface area contributed by atoms with Crippen molar-refractivity contribution in [3.8, 4) is 0 Å². The number of hydrogen-bond donors (Lipinski definition) is 3. The molecule has 2 rings (SSSR count). The molecule has 0 saturated carbocycles. The van der Waals surface area contributed by atoms with E-state index in [9.17, 15) is 14.4 Å². The maximum absolute atomic E-state index is 12.2. The second kappa shape index (κ2) is 9.53. The molecule has 0 aliphatic rings. The van der Waals surface area contributed by atoms with Crippen LogP contribution in [0.2, 0.25) is 0 Å². The van der Waals surface area contributed by atoms with Gasteiger partial charge in [0.25, 0.3) is 0 Å². The summed E-state index contributed by atoms with van der Waals surface area (Å²) in [7, 11) is 0. The maximum Gasteiger partial charge on any atom is 0.360 e. The van der Waals surface area contributed by atoms with Crippen molar-refractivity contribution in [2.45, 2.75) is 32.2 Å². The number of rotatable bonds is 9. The molecular weight excluding hydrogens is 350 g/mol. The Bertz CT molecular complexity index is 791. The Morgan fingerprint density at radius 1 is 1.22 bits per heavy atom. The highest BCUT2D eigenvalue weighted by atomic mass is 16.2. The number of carbonyl (C=O) groups is 3. The molecule has 2 amide bonds. The molecule has 143 valence electrons. The third-order valence-corrected chi connectivity index (χ3v) is 3.87. The van der Waals surface area contributed by atoms with Gasteiger partial charge in [-0.15, -0.1) is 10.2 Å². The zero-order chi connectivity index (χ0) is 19.8. The topological polar surface area (TPSA) is 159 Å². The van der Waals surface area contributed by atoms with Crippen LogP contribution in [0.25, 0.3) is 0 Å². The SMILES string of the molecule is C[C](C(=O)[C@@H](N)CCC(N)=O)c1nnn(C(=O)NCCc2ccccc2)n1. The summed E-state index contributed by atoms with van der Waals surface area (Å²) in [5, 5.41) is 14.0. The fraction of sp³-hybridized carbons (Fsp3) is 0.353. The number of ketones is 1. The number of benzene rings is 1. The molecule has 10 nitrogen and oxygen atoms in total. The Hall–Kier alpha value is -3.14. The first-order valence-electron chi connectivity index (χ1n) is 8.42. The van der Waals surface area contributed by atoms with E-state index in [2.05, 4.69) is 20.7 Å². The zero-order valence-corrected chi connectivity index (χ0v) is 15.0. The summed E-state index contributed by atoms with van der Waals surface area (Å²) < 4.78 is 0. The first-order valence-corrected chi connectivity index (χ1v) is 8.42.